The minimum atomic E-state index is -1.17. The van der Waals surface area contributed by atoms with Gasteiger partial charge in [0.1, 0.15) is 0 Å². The Hall–Kier alpha value is -3.71. The summed E-state index contributed by atoms with van der Waals surface area (Å²) >= 11 is 0. The number of rotatable bonds is 8. The Kier molecular flexibility index (Phi) is 8.88. The molecule has 7 nitrogen and oxygen atoms in total. The van der Waals surface area contributed by atoms with Gasteiger partial charge in [-0.15, -0.1) is 0 Å². The van der Waals surface area contributed by atoms with Crippen molar-refractivity contribution in [2.24, 2.45) is 5.41 Å². The average Bonchev–Trinajstić information content (AvgIpc) is 2.90. The molecular weight excluding hydrogens is 514 g/mol. The topological polar surface area (TPSA) is 91.8 Å². The van der Waals surface area contributed by atoms with Gasteiger partial charge in [-0.25, -0.2) is 4.79 Å². The molecule has 1 fully saturated rings. The number of amides is 1. The van der Waals surface area contributed by atoms with E-state index in [1.807, 2.05) is 89.2 Å². The maximum Gasteiger partial charge on any atom is 0.337 e. The van der Waals surface area contributed by atoms with Crippen LogP contribution in [0.1, 0.15) is 86.4 Å². The molecule has 1 amide bonds. The highest BCUT2D eigenvalue weighted by molar-refractivity contribution is 5.95. The first-order chi connectivity index (χ1) is 19.3. The van der Waals surface area contributed by atoms with Crippen molar-refractivity contribution in [3.63, 3.8) is 0 Å². The van der Waals surface area contributed by atoms with E-state index >= 15 is 0 Å². The third-order valence-electron chi connectivity index (χ3n) is 7.70. The molecule has 41 heavy (non-hydrogen) atoms. The van der Waals surface area contributed by atoms with Crippen molar-refractivity contribution >= 4 is 17.6 Å². The van der Waals surface area contributed by atoms with E-state index in [2.05, 4.69) is 24.1 Å². The Morgan fingerprint density at radius 3 is 2.17 bits per heavy atom. The Labute approximate surface area is 244 Å². The van der Waals surface area contributed by atoms with Gasteiger partial charge in [-0.3, -0.25) is 9.78 Å². The highest BCUT2D eigenvalue weighted by atomic mass is 16.5. The van der Waals surface area contributed by atoms with E-state index in [1.54, 1.807) is 0 Å². The van der Waals surface area contributed by atoms with E-state index in [0.717, 1.165) is 54.0 Å². The number of carboxylic acid groups (broad SMARTS) is 1. The molecule has 1 atom stereocenters. The molecule has 0 aliphatic carbocycles. The van der Waals surface area contributed by atoms with Crippen molar-refractivity contribution < 1.29 is 19.4 Å². The summed E-state index contributed by atoms with van der Waals surface area (Å²) < 4.78 is 6.16. The number of anilines is 1. The number of pyridine rings is 1. The predicted octanol–water partition coefficient (Wildman–Crippen LogP) is 6.86. The number of aliphatic carboxylic acids is 1. The molecule has 2 N–H and O–H groups in total. The molecule has 3 aromatic rings. The molecule has 4 rings (SSSR count). The van der Waals surface area contributed by atoms with Crippen molar-refractivity contribution in [1.29, 1.82) is 0 Å². The van der Waals surface area contributed by atoms with Crippen LogP contribution in [-0.4, -0.2) is 40.7 Å². The average molecular weight is 558 g/mol. The molecule has 0 unspecified atom stereocenters. The molecule has 1 saturated heterocycles. The van der Waals surface area contributed by atoms with Gasteiger partial charge in [0.2, 0.25) is 0 Å². The fraction of sp³-hybridized carbons (Fsp3) is 0.441. The summed E-state index contributed by atoms with van der Waals surface area (Å²) in [5.41, 5.74) is 5.83. The maximum atomic E-state index is 12.9. The highest BCUT2D eigenvalue weighted by Crippen LogP contribution is 2.44. The summed E-state index contributed by atoms with van der Waals surface area (Å²) in [5.74, 6) is -1.19. The molecule has 1 aliphatic heterocycles. The minimum Gasteiger partial charge on any atom is -0.479 e. The van der Waals surface area contributed by atoms with E-state index in [-0.39, 0.29) is 11.3 Å². The number of piperidine rings is 1. The third-order valence-corrected chi connectivity index (χ3v) is 7.70. The van der Waals surface area contributed by atoms with E-state index in [9.17, 15) is 14.7 Å². The summed E-state index contributed by atoms with van der Waals surface area (Å²) in [6.07, 6.45) is 0.810. The van der Waals surface area contributed by atoms with Crippen LogP contribution < -0.4 is 10.2 Å². The van der Waals surface area contributed by atoms with Crippen LogP contribution in [0, 0.1) is 19.3 Å². The number of nitrogens with one attached hydrogen (secondary N) is 1. The maximum absolute atomic E-state index is 12.9. The van der Waals surface area contributed by atoms with Crippen molar-refractivity contribution in [2.45, 2.75) is 79.6 Å². The summed E-state index contributed by atoms with van der Waals surface area (Å²) in [7, 11) is 0. The van der Waals surface area contributed by atoms with Gasteiger partial charge >= 0.3 is 5.97 Å². The van der Waals surface area contributed by atoms with Gasteiger partial charge < -0.3 is 20.1 Å². The number of carbonyl (C=O) groups is 2. The number of ether oxygens (including phenoxy) is 1. The minimum absolute atomic E-state index is 0.150. The SMILES string of the molecule is Cc1nc(C)c([C@H](OC(C)(C)C)C(=O)O)c(N2CCC(C)(C)CC2)c1-c1ccc(C(=O)NCc2ccccc2)cc1. The molecule has 0 spiro atoms. The number of nitrogens with zero attached hydrogens (tertiary/aromatic N) is 2. The lowest BCUT2D eigenvalue weighted by atomic mass is 9.81. The largest absolute Gasteiger partial charge is 0.479 e. The smallest absolute Gasteiger partial charge is 0.337 e. The second-order valence-corrected chi connectivity index (χ2v) is 12.8. The van der Waals surface area contributed by atoms with Crippen LogP contribution in [0.3, 0.4) is 0 Å². The highest BCUT2D eigenvalue weighted by Gasteiger charge is 2.36. The molecule has 2 heterocycles. The number of hydrogen-bond acceptors (Lipinski definition) is 5. The number of carboxylic acids is 1. The van der Waals surface area contributed by atoms with Crippen molar-refractivity contribution in [3.8, 4) is 11.1 Å². The fourth-order valence-corrected chi connectivity index (χ4v) is 5.42. The fourth-order valence-electron chi connectivity index (χ4n) is 5.42. The van der Waals surface area contributed by atoms with Gasteiger partial charge in [0.25, 0.3) is 5.91 Å². The lowest BCUT2D eigenvalue weighted by molar-refractivity contribution is -0.160. The molecule has 0 radical (unpaired) electrons. The molecule has 1 aromatic heterocycles. The first-order valence-electron chi connectivity index (χ1n) is 14.3. The van der Waals surface area contributed by atoms with E-state index in [1.165, 1.54) is 0 Å². The van der Waals surface area contributed by atoms with E-state index in [0.29, 0.717) is 23.4 Å². The summed E-state index contributed by atoms with van der Waals surface area (Å²) in [6.45, 7) is 16.0. The molecule has 0 saturated carbocycles. The number of aromatic nitrogens is 1. The molecule has 1 aliphatic rings. The second-order valence-electron chi connectivity index (χ2n) is 12.8. The Morgan fingerprint density at radius 2 is 1.61 bits per heavy atom. The zero-order valence-electron chi connectivity index (χ0n) is 25.4. The van der Waals surface area contributed by atoms with Crippen LogP contribution in [0.25, 0.3) is 11.1 Å². The van der Waals surface area contributed by atoms with Crippen molar-refractivity contribution in [1.82, 2.24) is 10.3 Å². The molecule has 0 bridgehead atoms. The van der Waals surface area contributed by atoms with E-state index < -0.39 is 17.7 Å². The molecule has 7 heteroatoms. The first kappa shape index (κ1) is 30.3. The van der Waals surface area contributed by atoms with Crippen LogP contribution in [-0.2, 0) is 16.1 Å². The van der Waals surface area contributed by atoms with Crippen LogP contribution >= 0.6 is 0 Å². The molecular formula is C34H43N3O4. The van der Waals surface area contributed by atoms with Gasteiger partial charge in [0.15, 0.2) is 6.10 Å². The van der Waals surface area contributed by atoms with Crippen LogP contribution in [0.15, 0.2) is 54.6 Å². The second kappa shape index (κ2) is 12.0. The van der Waals surface area contributed by atoms with Gasteiger partial charge in [0.05, 0.1) is 11.3 Å². The monoisotopic (exact) mass is 557 g/mol. The van der Waals surface area contributed by atoms with Crippen LogP contribution in [0.2, 0.25) is 0 Å². The van der Waals surface area contributed by atoms with Crippen molar-refractivity contribution in [2.75, 3.05) is 18.0 Å². The Balaban J connectivity index is 1.77. The Bertz CT molecular complexity index is 1380. The summed E-state index contributed by atoms with van der Waals surface area (Å²) in [5, 5.41) is 13.3. The van der Waals surface area contributed by atoms with Crippen LogP contribution in [0.4, 0.5) is 5.69 Å². The molecule has 2 aromatic carbocycles. The van der Waals surface area contributed by atoms with Crippen LogP contribution in [0.5, 0.6) is 0 Å². The zero-order valence-corrected chi connectivity index (χ0v) is 25.4. The lowest BCUT2D eigenvalue weighted by Gasteiger charge is -2.41. The van der Waals surface area contributed by atoms with Gasteiger partial charge in [-0.05, 0) is 76.1 Å². The normalized spacial score (nSPS) is 15.8. The number of carbonyl (C=O) groups excluding carboxylic acids is 1. The van der Waals surface area contributed by atoms with Gasteiger partial charge in [-0.1, -0.05) is 56.3 Å². The molecule has 218 valence electrons. The first-order valence-corrected chi connectivity index (χ1v) is 14.3. The lowest BCUT2D eigenvalue weighted by Crippen LogP contribution is -2.39. The Morgan fingerprint density at radius 1 is 1.00 bits per heavy atom. The predicted molar refractivity (Wildman–Crippen MR) is 163 cm³/mol. The summed E-state index contributed by atoms with van der Waals surface area (Å²) in [6, 6.07) is 17.3. The number of aryl methyl sites for hydroxylation is 2. The number of benzene rings is 2. The van der Waals surface area contributed by atoms with E-state index in [4.69, 9.17) is 9.72 Å². The summed E-state index contributed by atoms with van der Waals surface area (Å²) in [4.78, 5) is 32.7. The number of hydrogen-bond donors (Lipinski definition) is 2. The van der Waals surface area contributed by atoms with Gasteiger partial charge in [0, 0.05) is 47.7 Å². The standard InChI is InChI=1S/C34H43N3O4/c1-22-27(25-13-15-26(16-14-25)31(38)35-21-24-11-9-8-10-12-24)29(37-19-17-34(6,7)18-20-37)28(23(2)36-22)30(32(39)40)41-33(3,4)5/h8-16,30H,17-21H2,1-7H3,(H,35,38)(H,39,40)/t30-/m0/s1. The van der Waals surface area contributed by atoms with Gasteiger partial charge in [-0.2, -0.15) is 0 Å². The zero-order chi connectivity index (χ0) is 29.9. The van der Waals surface area contributed by atoms with Crippen molar-refractivity contribution in [3.05, 3.63) is 82.7 Å². The quantitative estimate of drug-likeness (QED) is 0.314. The third kappa shape index (κ3) is 7.33.